The first-order valence-electron chi connectivity index (χ1n) is 5.35. The van der Waals surface area contributed by atoms with Gasteiger partial charge in [-0.25, -0.2) is 0 Å². The molecule has 2 N–H and O–H groups in total. The van der Waals surface area contributed by atoms with Crippen molar-refractivity contribution in [2.75, 3.05) is 14.2 Å². The lowest BCUT2D eigenvalue weighted by atomic mass is 9.52. The summed E-state index contributed by atoms with van der Waals surface area (Å²) in [6.45, 7) is 9.27. The van der Waals surface area contributed by atoms with E-state index in [-0.39, 0.29) is 14.0 Å². The van der Waals surface area contributed by atoms with Gasteiger partial charge in [0, 0.05) is 14.2 Å². The largest absolute Gasteiger partial charge is 0.403 e. The Morgan fingerprint density at radius 3 is 1.73 bits per heavy atom. The lowest BCUT2D eigenvalue weighted by molar-refractivity contribution is 0.223. The summed E-state index contributed by atoms with van der Waals surface area (Å²) >= 11 is 0. The molecule has 0 bridgehead atoms. The Balaban J connectivity index is 2.82. The summed E-state index contributed by atoms with van der Waals surface area (Å²) in [5.41, 5.74) is 0. The molecule has 0 aromatic heterocycles. The minimum atomic E-state index is -2.24. The van der Waals surface area contributed by atoms with E-state index in [1.54, 1.807) is 14.2 Å². The van der Waals surface area contributed by atoms with Crippen molar-refractivity contribution in [3.63, 3.8) is 0 Å². The van der Waals surface area contributed by atoms with Crippen molar-refractivity contribution in [2.45, 2.75) is 27.0 Å². The molecule has 1 aliphatic heterocycles. The Morgan fingerprint density at radius 2 is 1.40 bits per heavy atom. The van der Waals surface area contributed by atoms with Crippen LogP contribution >= 0.6 is 0 Å². The van der Waals surface area contributed by atoms with E-state index >= 15 is 0 Å². The van der Waals surface area contributed by atoms with Crippen molar-refractivity contribution in [3.05, 3.63) is 0 Å². The summed E-state index contributed by atoms with van der Waals surface area (Å²) in [5.74, 6) is 0. The molecule has 1 saturated heterocycles. The Hall–Kier alpha value is 0.212. The van der Waals surface area contributed by atoms with Gasteiger partial charge in [-0.1, -0.05) is 20.5 Å². The monoisotopic (exact) mass is 227 g/mol. The summed E-state index contributed by atoms with van der Waals surface area (Å²) in [4.78, 5) is 0. The molecule has 84 valence electrons. The van der Waals surface area contributed by atoms with E-state index in [0.29, 0.717) is 6.98 Å². The Bertz CT molecular complexity index is 210. The van der Waals surface area contributed by atoms with Gasteiger partial charge in [-0.15, -0.1) is 0 Å². The van der Waals surface area contributed by atoms with Gasteiger partial charge in [-0.05, 0) is 6.55 Å². The molecule has 0 atom stereocenters. The highest BCUT2D eigenvalue weighted by atomic mass is 28.4. The molecule has 0 amide bonds. The number of hydrogen-bond acceptors (Lipinski definition) is 5. The topological polar surface area (TPSA) is 45.8 Å². The number of nitrogens with one attached hydrogen (secondary N) is 2. The molecular formula is C6H20B3N3O2Si. The Labute approximate surface area is 95.0 Å². The van der Waals surface area contributed by atoms with Crippen LogP contribution in [0.4, 0.5) is 0 Å². The van der Waals surface area contributed by atoms with Crippen LogP contribution in [0, 0.1) is 0 Å². The normalized spacial score (nSPS) is 20.0. The van der Waals surface area contributed by atoms with Crippen molar-refractivity contribution >= 4 is 29.7 Å². The van der Waals surface area contributed by atoms with Crippen LogP contribution in [0.2, 0.25) is 27.0 Å². The molecule has 5 nitrogen and oxygen atoms in total. The summed E-state index contributed by atoms with van der Waals surface area (Å²) in [5, 5.41) is 6.85. The van der Waals surface area contributed by atoms with Gasteiger partial charge >= 0.3 is 8.72 Å². The van der Waals surface area contributed by atoms with E-state index in [4.69, 9.17) is 8.85 Å². The predicted octanol–water partition coefficient (Wildman–Crippen LogP) is -0.303. The lowest BCUT2D eigenvalue weighted by Gasteiger charge is -2.46. The second-order valence-electron chi connectivity index (χ2n) is 4.12. The third kappa shape index (κ3) is 2.66. The first kappa shape index (κ1) is 13.3. The summed E-state index contributed by atoms with van der Waals surface area (Å²) in [6.07, 6.45) is 0. The molecule has 0 spiro atoms. The highest BCUT2D eigenvalue weighted by molar-refractivity contribution is 6.95. The van der Waals surface area contributed by atoms with Gasteiger partial charge in [0.25, 0.3) is 20.9 Å². The van der Waals surface area contributed by atoms with Crippen LogP contribution in [-0.4, -0.2) is 48.3 Å². The molecule has 9 heteroatoms. The molecule has 0 aromatic carbocycles. The first-order valence-corrected chi connectivity index (χ1v) is 7.62. The zero-order chi connectivity index (χ0) is 11.6. The quantitative estimate of drug-likeness (QED) is 0.647. The number of nitrogens with zero attached hydrogens (tertiary/aromatic N) is 1. The second-order valence-corrected chi connectivity index (χ2v) is 7.25. The third-order valence-corrected chi connectivity index (χ3v) is 6.27. The maximum Gasteiger partial charge on any atom is 0.403 e. The second kappa shape index (κ2) is 5.03. The van der Waals surface area contributed by atoms with Crippen molar-refractivity contribution in [1.29, 1.82) is 0 Å². The maximum absolute atomic E-state index is 5.57. The average Bonchev–Trinajstić information content (AvgIpc) is 2.15. The molecular weight excluding hydrogens is 207 g/mol. The minimum Gasteiger partial charge on any atom is -0.387 e. The zero-order valence-corrected chi connectivity index (χ0v) is 11.5. The predicted molar refractivity (Wildman–Crippen MR) is 68.6 cm³/mol. The molecule has 0 aromatic rings. The standard InChI is InChI=1S/C6H20B3N3O2Si/c1-7-10-8(2)12(9(3)11-7)15(6,13-4)14-5/h10-11H,1-6H3. The van der Waals surface area contributed by atoms with Crippen LogP contribution in [0.1, 0.15) is 0 Å². The summed E-state index contributed by atoms with van der Waals surface area (Å²) < 4.78 is 13.4. The molecule has 1 fully saturated rings. The molecule has 1 rings (SSSR count). The third-order valence-electron chi connectivity index (χ3n) is 3.04. The smallest absolute Gasteiger partial charge is 0.387 e. The van der Waals surface area contributed by atoms with Gasteiger partial charge in [0.05, 0.1) is 0 Å². The van der Waals surface area contributed by atoms with Gasteiger partial charge in [0.1, 0.15) is 0 Å². The molecule has 0 unspecified atom stereocenters. The van der Waals surface area contributed by atoms with Crippen molar-refractivity contribution in [1.82, 2.24) is 14.7 Å². The van der Waals surface area contributed by atoms with E-state index in [1.165, 1.54) is 0 Å². The SMILES string of the molecule is CO[Si](C)(OC)N1B(C)NB(C)NB1C. The van der Waals surface area contributed by atoms with Crippen molar-refractivity contribution in [3.8, 4) is 0 Å². The molecule has 0 saturated carbocycles. The first-order chi connectivity index (χ1) is 6.94. The van der Waals surface area contributed by atoms with E-state index in [2.05, 4.69) is 41.7 Å². The number of rotatable bonds is 3. The Morgan fingerprint density at radius 1 is 1.00 bits per heavy atom. The molecule has 0 aliphatic carbocycles. The summed E-state index contributed by atoms with van der Waals surface area (Å²) in [7, 11) is 1.19. The highest BCUT2D eigenvalue weighted by Gasteiger charge is 2.48. The van der Waals surface area contributed by atoms with Crippen LogP contribution in [0.15, 0.2) is 0 Å². The molecule has 0 radical (unpaired) electrons. The van der Waals surface area contributed by atoms with Crippen LogP contribution < -0.4 is 10.3 Å². The highest BCUT2D eigenvalue weighted by Crippen LogP contribution is 2.16. The lowest BCUT2D eigenvalue weighted by Crippen LogP contribution is -2.80. The fourth-order valence-electron chi connectivity index (χ4n) is 2.27. The van der Waals surface area contributed by atoms with Crippen molar-refractivity contribution in [2.24, 2.45) is 0 Å². The van der Waals surface area contributed by atoms with Crippen LogP contribution in [0.3, 0.4) is 0 Å². The summed E-state index contributed by atoms with van der Waals surface area (Å²) in [6, 6.07) is 0. The van der Waals surface area contributed by atoms with Crippen LogP contribution in [0.5, 0.6) is 0 Å². The fraction of sp³-hybridized carbons (Fsp3) is 1.00. The molecule has 1 aliphatic rings. The van der Waals surface area contributed by atoms with Crippen LogP contribution in [-0.2, 0) is 8.85 Å². The average molecular weight is 227 g/mol. The van der Waals surface area contributed by atoms with Crippen molar-refractivity contribution < 1.29 is 8.85 Å². The van der Waals surface area contributed by atoms with Crippen LogP contribution in [0.25, 0.3) is 0 Å². The molecule has 1 heterocycles. The fourth-order valence-corrected chi connectivity index (χ4v) is 4.41. The van der Waals surface area contributed by atoms with Gasteiger partial charge < -0.3 is 23.5 Å². The Kier molecular flexibility index (Phi) is 4.45. The van der Waals surface area contributed by atoms with Gasteiger partial charge in [-0.2, -0.15) is 0 Å². The van der Waals surface area contributed by atoms with E-state index < -0.39 is 8.72 Å². The zero-order valence-electron chi connectivity index (χ0n) is 10.5. The van der Waals surface area contributed by atoms with E-state index in [9.17, 15) is 0 Å². The van der Waals surface area contributed by atoms with E-state index in [1.807, 2.05) is 0 Å². The minimum absolute atomic E-state index is 0.257. The van der Waals surface area contributed by atoms with Gasteiger partial charge in [0.2, 0.25) is 0 Å². The molecule has 15 heavy (non-hydrogen) atoms. The van der Waals surface area contributed by atoms with Gasteiger partial charge in [0.15, 0.2) is 0 Å². The maximum atomic E-state index is 5.57. The number of hydrogen-bond donors (Lipinski definition) is 2. The van der Waals surface area contributed by atoms with Gasteiger partial charge in [-0.3, -0.25) is 0 Å². The van der Waals surface area contributed by atoms with E-state index in [0.717, 1.165) is 0 Å².